The van der Waals surface area contributed by atoms with Crippen molar-refractivity contribution in [2.45, 2.75) is 26.9 Å². The van der Waals surface area contributed by atoms with Gasteiger partial charge in [0.2, 0.25) is 0 Å². The Balaban J connectivity index is 1.37. The van der Waals surface area contributed by atoms with Crippen molar-refractivity contribution < 1.29 is 9.53 Å². The molecule has 33 heavy (non-hydrogen) atoms. The van der Waals surface area contributed by atoms with Gasteiger partial charge in [-0.1, -0.05) is 30.3 Å². The van der Waals surface area contributed by atoms with Crippen LogP contribution in [0.1, 0.15) is 32.9 Å². The number of carbonyl (C=O) groups is 1. The molecule has 0 radical (unpaired) electrons. The van der Waals surface area contributed by atoms with Gasteiger partial charge < -0.3 is 15.4 Å². The van der Waals surface area contributed by atoms with E-state index in [1.807, 2.05) is 54.1 Å². The number of para-hydroxylation sites is 1. The van der Waals surface area contributed by atoms with E-state index in [0.29, 0.717) is 18.7 Å². The Hall–Kier alpha value is -3.90. The molecule has 6 heteroatoms. The van der Waals surface area contributed by atoms with Crippen molar-refractivity contribution in [3.05, 3.63) is 107 Å². The van der Waals surface area contributed by atoms with Crippen molar-refractivity contribution in [2.24, 2.45) is 0 Å². The summed E-state index contributed by atoms with van der Waals surface area (Å²) in [6, 6.07) is 25.1. The third-order valence-corrected chi connectivity index (χ3v) is 5.61. The first-order valence-electron chi connectivity index (χ1n) is 10.9. The first kappa shape index (κ1) is 22.3. The van der Waals surface area contributed by atoms with Gasteiger partial charge in [-0.15, -0.1) is 0 Å². The molecule has 0 atom stereocenters. The molecular formula is C27H28N4O2. The van der Waals surface area contributed by atoms with Gasteiger partial charge in [0.15, 0.2) is 0 Å². The fourth-order valence-corrected chi connectivity index (χ4v) is 3.79. The van der Waals surface area contributed by atoms with E-state index in [4.69, 9.17) is 9.84 Å². The highest BCUT2D eigenvalue weighted by molar-refractivity contribution is 6.04. The molecule has 0 aliphatic rings. The number of aryl methyl sites for hydroxylation is 1. The predicted octanol–water partition coefficient (Wildman–Crippen LogP) is 5.04. The molecule has 1 aromatic heterocycles. The summed E-state index contributed by atoms with van der Waals surface area (Å²) in [6.45, 7) is 5.53. The largest absolute Gasteiger partial charge is 0.497 e. The highest BCUT2D eigenvalue weighted by Crippen LogP contribution is 2.19. The number of methoxy groups -OCH3 is 1. The lowest BCUT2D eigenvalue weighted by atomic mass is 10.1. The monoisotopic (exact) mass is 440 g/mol. The molecule has 4 aromatic rings. The highest BCUT2D eigenvalue weighted by Gasteiger charge is 2.12. The van der Waals surface area contributed by atoms with E-state index in [2.05, 4.69) is 29.7 Å². The van der Waals surface area contributed by atoms with Crippen LogP contribution >= 0.6 is 0 Å². The lowest BCUT2D eigenvalue weighted by Gasteiger charge is -2.10. The standard InChI is InChI=1S/C27H28N4O2/c1-19-26(20(2)31(30-19)24-10-5-4-6-11-24)18-28-17-21-8-7-9-23(16-21)29-27(32)22-12-14-25(33-3)15-13-22/h4-16,28H,17-18H2,1-3H3,(H,29,32). The summed E-state index contributed by atoms with van der Waals surface area (Å²) >= 11 is 0. The third kappa shape index (κ3) is 5.30. The number of benzene rings is 3. The van der Waals surface area contributed by atoms with E-state index in [1.165, 1.54) is 5.56 Å². The molecule has 0 saturated heterocycles. The van der Waals surface area contributed by atoms with Gasteiger partial charge in [0, 0.05) is 35.6 Å². The van der Waals surface area contributed by atoms with Gasteiger partial charge in [-0.05, 0) is 67.9 Å². The van der Waals surface area contributed by atoms with Crippen molar-refractivity contribution in [3.63, 3.8) is 0 Å². The lowest BCUT2D eigenvalue weighted by molar-refractivity contribution is 0.102. The Labute approximate surface area is 194 Å². The Morgan fingerprint density at radius 3 is 2.42 bits per heavy atom. The van der Waals surface area contributed by atoms with E-state index in [1.54, 1.807) is 31.4 Å². The van der Waals surface area contributed by atoms with Gasteiger partial charge in [-0.3, -0.25) is 4.79 Å². The van der Waals surface area contributed by atoms with Gasteiger partial charge in [0.25, 0.3) is 5.91 Å². The number of aromatic nitrogens is 2. The molecule has 1 amide bonds. The Morgan fingerprint density at radius 2 is 1.70 bits per heavy atom. The summed E-state index contributed by atoms with van der Waals surface area (Å²) in [6.07, 6.45) is 0. The number of hydrogen-bond donors (Lipinski definition) is 2. The Morgan fingerprint density at radius 1 is 0.939 bits per heavy atom. The molecule has 0 spiro atoms. The van der Waals surface area contributed by atoms with Gasteiger partial charge >= 0.3 is 0 Å². The zero-order valence-corrected chi connectivity index (χ0v) is 19.1. The second-order valence-corrected chi connectivity index (χ2v) is 7.88. The number of nitrogens with one attached hydrogen (secondary N) is 2. The van der Waals surface area contributed by atoms with Crippen LogP contribution in [-0.2, 0) is 13.1 Å². The molecule has 0 fully saturated rings. The molecule has 4 rings (SSSR count). The van der Waals surface area contributed by atoms with Crippen molar-refractivity contribution >= 4 is 11.6 Å². The van der Waals surface area contributed by atoms with Gasteiger partial charge in [0.1, 0.15) is 5.75 Å². The van der Waals surface area contributed by atoms with Gasteiger partial charge in [-0.25, -0.2) is 4.68 Å². The second-order valence-electron chi connectivity index (χ2n) is 7.88. The zero-order chi connectivity index (χ0) is 23.2. The maximum Gasteiger partial charge on any atom is 0.255 e. The van der Waals surface area contributed by atoms with Crippen LogP contribution in [0.2, 0.25) is 0 Å². The molecule has 0 aliphatic carbocycles. The van der Waals surface area contributed by atoms with Crippen LogP contribution < -0.4 is 15.4 Å². The molecule has 168 valence electrons. The van der Waals surface area contributed by atoms with E-state index < -0.39 is 0 Å². The second kappa shape index (κ2) is 10.1. The minimum atomic E-state index is -0.151. The van der Waals surface area contributed by atoms with Crippen molar-refractivity contribution in [3.8, 4) is 11.4 Å². The number of rotatable bonds is 8. The third-order valence-electron chi connectivity index (χ3n) is 5.61. The average molecular weight is 441 g/mol. The molecule has 6 nitrogen and oxygen atoms in total. The van der Waals surface area contributed by atoms with Crippen LogP contribution in [0.5, 0.6) is 5.75 Å². The Bertz CT molecular complexity index is 1230. The van der Waals surface area contributed by atoms with Crippen molar-refractivity contribution in [1.82, 2.24) is 15.1 Å². The first-order chi connectivity index (χ1) is 16.0. The van der Waals surface area contributed by atoms with Crippen LogP contribution in [0.3, 0.4) is 0 Å². The summed E-state index contributed by atoms with van der Waals surface area (Å²) in [4.78, 5) is 12.5. The summed E-state index contributed by atoms with van der Waals surface area (Å²) in [7, 11) is 1.60. The summed E-state index contributed by atoms with van der Waals surface area (Å²) in [5.74, 6) is 0.571. The number of hydrogen-bond acceptors (Lipinski definition) is 4. The number of amides is 1. The quantitative estimate of drug-likeness (QED) is 0.403. The van der Waals surface area contributed by atoms with Crippen molar-refractivity contribution in [2.75, 3.05) is 12.4 Å². The van der Waals surface area contributed by atoms with Crippen LogP contribution in [0.15, 0.2) is 78.9 Å². The molecule has 2 N–H and O–H groups in total. The van der Waals surface area contributed by atoms with Crippen LogP contribution in [0.25, 0.3) is 5.69 Å². The zero-order valence-electron chi connectivity index (χ0n) is 19.1. The number of anilines is 1. The molecule has 0 bridgehead atoms. The molecule has 3 aromatic carbocycles. The SMILES string of the molecule is COc1ccc(C(=O)Nc2cccc(CNCc3c(C)nn(-c4ccccc4)c3C)c2)cc1. The molecular weight excluding hydrogens is 412 g/mol. The maximum absolute atomic E-state index is 12.5. The minimum absolute atomic E-state index is 0.151. The summed E-state index contributed by atoms with van der Waals surface area (Å²) in [5, 5.41) is 11.2. The minimum Gasteiger partial charge on any atom is -0.497 e. The first-order valence-corrected chi connectivity index (χ1v) is 10.9. The van der Waals surface area contributed by atoms with Crippen LogP contribution in [-0.4, -0.2) is 22.8 Å². The summed E-state index contributed by atoms with van der Waals surface area (Å²) < 4.78 is 7.13. The molecule has 0 aliphatic heterocycles. The van der Waals surface area contributed by atoms with Gasteiger partial charge in [-0.2, -0.15) is 5.10 Å². The van der Waals surface area contributed by atoms with E-state index in [0.717, 1.165) is 34.1 Å². The number of ether oxygens (including phenoxy) is 1. The number of carbonyl (C=O) groups excluding carboxylic acids is 1. The lowest BCUT2D eigenvalue weighted by Crippen LogP contribution is -2.15. The highest BCUT2D eigenvalue weighted by atomic mass is 16.5. The van der Waals surface area contributed by atoms with E-state index in [-0.39, 0.29) is 5.91 Å². The molecule has 0 saturated carbocycles. The fraction of sp³-hybridized carbons (Fsp3) is 0.185. The fourth-order valence-electron chi connectivity index (χ4n) is 3.79. The van der Waals surface area contributed by atoms with Crippen molar-refractivity contribution in [1.29, 1.82) is 0 Å². The molecule has 1 heterocycles. The maximum atomic E-state index is 12.5. The summed E-state index contributed by atoms with van der Waals surface area (Å²) in [5.41, 5.74) is 6.84. The normalized spacial score (nSPS) is 10.8. The van der Waals surface area contributed by atoms with E-state index in [9.17, 15) is 4.79 Å². The van der Waals surface area contributed by atoms with Crippen LogP contribution in [0.4, 0.5) is 5.69 Å². The molecule has 0 unspecified atom stereocenters. The number of nitrogens with zero attached hydrogens (tertiary/aromatic N) is 2. The smallest absolute Gasteiger partial charge is 0.255 e. The topological polar surface area (TPSA) is 68.2 Å². The van der Waals surface area contributed by atoms with E-state index >= 15 is 0 Å². The Kier molecular flexibility index (Phi) is 6.86. The predicted molar refractivity (Wildman–Crippen MR) is 131 cm³/mol. The van der Waals surface area contributed by atoms with Gasteiger partial charge in [0.05, 0.1) is 18.5 Å². The van der Waals surface area contributed by atoms with Crippen LogP contribution in [0, 0.1) is 13.8 Å². The average Bonchev–Trinajstić information content (AvgIpc) is 3.13.